The Morgan fingerprint density at radius 3 is 2.62 bits per heavy atom. The first-order chi connectivity index (χ1) is 12.1. The molecule has 0 saturated heterocycles. The summed E-state index contributed by atoms with van der Waals surface area (Å²) in [5, 5.41) is 12.2. The average molecular weight is 372 g/mol. The molecule has 0 bridgehead atoms. The van der Waals surface area contributed by atoms with Crippen LogP contribution in [0.1, 0.15) is 18.9 Å². The summed E-state index contributed by atoms with van der Waals surface area (Å²) >= 11 is 0. The number of nitrogens with zero attached hydrogens (tertiary/aromatic N) is 1. The number of hydrogen-bond donors (Lipinski definition) is 2. The van der Waals surface area contributed by atoms with Gasteiger partial charge in [0.1, 0.15) is 5.75 Å². The van der Waals surface area contributed by atoms with Crippen LogP contribution in [0.25, 0.3) is 0 Å². The first kappa shape index (κ1) is 19.6. The molecule has 0 aliphatic carbocycles. The molecule has 142 valence electrons. The summed E-state index contributed by atoms with van der Waals surface area (Å²) in [5.41, 5.74) is -0.896. The number of likely N-dealkylation sites (N-methyl/N-ethyl adjacent to an activating group) is 1. The molecule has 2 N–H and O–H groups in total. The number of aliphatic hydroxyl groups is 1. The number of amides is 2. The molecule has 1 aliphatic heterocycles. The maximum Gasteiger partial charge on any atom is 0.419 e. The summed E-state index contributed by atoms with van der Waals surface area (Å²) < 4.78 is 43.8. The zero-order valence-electron chi connectivity index (χ0n) is 14.3. The highest BCUT2D eigenvalue weighted by Crippen LogP contribution is 2.35. The second kappa shape index (κ2) is 7.67. The van der Waals surface area contributed by atoms with Crippen molar-refractivity contribution in [1.29, 1.82) is 0 Å². The van der Waals surface area contributed by atoms with Gasteiger partial charge in [-0.15, -0.1) is 0 Å². The Hall–Kier alpha value is -2.71. The van der Waals surface area contributed by atoms with E-state index in [4.69, 9.17) is 4.74 Å². The smallest absolute Gasteiger partial charge is 0.419 e. The molecule has 0 saturated carbocycles. The van der Waals surface area contributed by atoms with Crippen molar-refractivity contribution in [3.05, 3.63) is 41.2 Å². The van der Waals surface area contributed by atoms with Crippen LogP contribution >= 0.6 is 0 Å². The third-order valence-corrected chi connectivity index (χ3v) is 3.88. The predicted molar refractivity (Wildman–Crippen MR) is 86.5 cm³/mol. The second-order valence-corrected chi connectivity index (χ2v) is 5.99. The number of ether oxygens (including phenoxy) is 1. The van der Waals surface area contributed by atoms with Crippen molar-refractivity contribution in [3.63, 3.8) is 0 Å². The van der Waals surface area contributed by atoms with Gasteiger partial charge in [0, 0.05) is 19.5 Å². The molecule has 9 heteroatoms. The lowest BCUT2D eigenvalue weighted by Gasteiger charge is -2.17. The molecule has 1 heterocycles. The third-order valence-electron chi connectivity index (χ3n) is 3.88. The van der Waals surface area contributed by atoms with E-state index in [0.717, 1.165) is 6.07 Å². The Labute approximate surface area is 148 Å². The number of halogens is 3. The summed E-state index contributed by atoms with van der Waals surface area (Å²) in [7, 11) is 1.45. The Morgan fingerprint density at radius 2 is 2.04 bits per heavy atom. The van der Waals surface area contributed by atoms with Crippen molar-refractivity contribution < 1.29 is 32.6 Å². The van der Waals surface area contributed by atoms with Gasteiger partial charge in [0.25, 0.3) is 11.8 Å². The fourth-order valence-electron chi connectivity index (χ4n) is 2.43. The molecular weight excluding hydrogens is 353 g/mol. The minimum absolute atomic E-state index is 0.00131. The first-order valence-electron chi connectivity index (χ1n) is 7.88. The maximum absolute atomic E-state index is 12.9. The van der Waals surface area contributed by atoms with Crippen LogP contribution in [0, 0.1) is 0 Å². The van der Waals surface area contributed by atoms with E-state index in [-0.39, 0.29) is 30.9 Å². The summed E-state index contributed by atoms with van der Waals surface area (Å²) in [6, 6.07) is 4.46. The highest BCUT2D eigenvalue weighted by atomic mass is 19.4. The number of aliphatic hydroxyl groups excluding tert-OH is 1. The average Bonchev–Trinajstić information content (AvgIpc) is 2.82. The second-order valence-electron chi connectivity index (χ2n) is 5.99. The maximum atomic E-state index is 12.9. The lowest BCUT2D eigenvalue weighted by molar-refractivity contribution is -0.139. The number of alkyl halides is 3. The molecule has 2 amide bonds. The lowest BCUT2D eigenvalue weighted by Crippen LogP contribution is -2.36. The molecule has 0 fully saturated rings. The molecule has 1 aromatic carbocycles. The van der Waals surface area contributed by atoms with Gasteiger partial charge in [-0.3, -0.25) is 9.59 Å². The van der Waals surface area contributed by atoms with Crippen molar-refractivity contribution in [3.8, 4) is 5.75 Å². The minimum Gasteiger partial charge on any atom is -0.503 e. The minimum atomic E-state index is -4.51. The molecule has 0 spiro atoms. The van der Waals surface area contributed by atoms with Gasteiger partial charge < -0.3 is 20.1 Å². The van der Waals surface area contributed by atoms with Crippen LogP contribution in [0.15, 0.2) is 35.6 Å². The lowest BCUT2D eigenvalue weighted by atomic mass is 10.2. The van der Waals surface area contributed by atoms with Gasteiger partial charge in [-0.1, -0.05) is 12.1 Å². The number of carbonyl (C=O) groups excluding carboxylic acids is 2. The standard InChI is InChI=1S/C17H19F3N2O4/c1-10(21-15(24)11-9-22(2)16(25)14(11)23)7-8-26-13-6-4-3-5-12(13)17(18,19)20/h3-6,10,23H,7-9H2,1-2H3,(H,21,24)/t10-/m1/s1. The molecular formula is C17H19F3N2O4. The predicted octanol–water partition coefficient (Wildman–Crippen LogP) is 2.26. The molecule has 0 unspecified atom stereocenters. The molecule has 2 rings (SSSR count). The van der Waals surface area contributed by atoms with E-state index in [0.29, 0.717) is 0 Å². The topological polar surface area (TPSA) is 78.9 Å². The molecule has 26 heavy (non-hydrogen) atoms. The van der Waals surface area contributed by atoms with Crippen LogP contribution in [0.3, 0.4) is 0 Å². The van der Waals surface area contributed by atoms with Crippen LogP contribution in [0.5, 0.6) is 5.75 Å². The molecule has 0 aromatic heterocycles. The Bertz CT molecular complexity index is 731. The molecule has 1 atom stereocenters. The van der Waals surface area contributed by atoms with Crippen molar-refractivity contribution in [2.75, 3.05) is 20.2 Å². The Kier molecular flexibility index (Phi) is 5.79. The zero-order chi connectivity index (χ0) is 19.5. The SMILES string of the molecule is C[C@H](CCOc1ccccc1C(F)(F)F)NC(=O)C1=C(O)C(=O)N(C)C1. The van der Waals surface area contributed by atoms with Crippen LogP contribution in [-0.2, 0) is 15.8 Å². The van der Waals surface area contributed by atoms with E-state index < -0.39 is 35.4 Å². The number of rotatable bonds is 6. The van der Waals surface area contributed by atoms with Gasteiger partial charge in [-0.2, -0.15) is 13.2 Å². The van der Waals surface area contributed by atoms with E-state index in [2.05, 4.69) is 5.32 Å². The van der Waals surface area contributed by atoms with Gasteiger partial charge in [0.2, 0.25) is 0 Å². The Balaban J connectivity index is 1.88. The van der Waals surface area contributed by atoms with Crippen molar-refractivity contribution >= 4 is 11.8 Å². The fraction of sp³-hybridized carbons (Fsp3) is 0.412. The Morgan fingerprint density at radius 1 is 1.38 bits per heavy atom. The molecule has 1 aromatic rings. The van der Waals surface area contributed by atoms with Crippen LogP contribution in [-0.4, -0.2) is 48.1 Å². The van der Waals surface area contributed by atoms with E-state index in [1.54, 1.807) is 6.92 Å². The highest BCUT2D eigenvalue weighted by Gasteiger charge is 2.34. The van der Waals surface area contributed by atoms with E-state index in [1.165, 1.54) is 30.1 Å². The van der Waals surface area contributed by atoms with Crippen LogP contribution in [0.4, 0.5) is 13.2 Å². The number of carbonyl (C=O) groups is 2. The summed E-state index contributed by atoms with van der Waals surface area (Å²) in [4.78, 5) is 24.8. The van der Waals surface area contributed by atoms with Crippen LogP contribution < -0.4 is 10.1 Å². The van der Waals surface area contributed by atoms with Crippen molar-refractivity contribution in [1.82, 2.24) is 10.2 Å². The number of benzene rings is 1. The molecule has 0 radical (unpaired) electrons. The van der Waals surface area contributed by atoms with Gasteiger partial charge in [0.05, 0.1) is 24.3 Å². The summed E-state index contributed by atoms with van der Waals surface area (Å²) in [6.07, 6.45) is -4.27. The fourth-order valence-corrected chi connectivity index (χ4v) is 2.43. The number of para-hydroxylation sites is 1. The normalized spacial score (nSPS) is 16.0. The molecule has 6 nitrogen and oxygen atoms in total. The van der Waals surface area contributed by atoms with Gasteiger partial charge >= 0.3 is 6.18 Å². The highest BCUT2D eigenvalue weighted by molar-refractivity contribution is 6.06. The van der Waals surface area contributed by atoms with Gasteiger partial charge in [-0.05, 0) is 19.1 Å². The summed E-state index contributed by atoms with van der Waals surface area (Å²) in [5.74, 6) is -2.09. The van der Waals surface area contributed by atoms with Crippen LogP contribution in [0.2, 0.25) is 0 Å². The zero-order valence-corrected chi connectivity index (χ0v) is 14.3. The summed E-state index contributed by atoms with van der Waals surface area (Å²) in [6.45, 7) is 1.60. The number of hydrogen-bond acceptors (Lipinski definition) is 4. The van der Waals surface area contributed by atoms with Gasteiger partial charge in [0.15, 0.2) is 5.76 Å². The largest absolute Gasteiger partial charge is 0.503 e. The van der Waals surface area contributed by atoms with E-state index in [1.807, 2.05) is 0 Å². The van der Waals surface area contributed by atoms with E-state index >= 15 is 0 Å². The molecule has 1 aliphatic rings. The third kappa shape index (κ3) is 4.47. The monoisotopic (exact) mass is 372 g/mol. The van der Waals surface area contributed by atoms with Crippen molar-refractivity contribution in [2.24, 2.45) is 0 Å². The first-order valence-corrected chi connectivity index (χ1v) is 7.88. The van der Waals surface area contributed by atoms with Gasteiger partial charge in [-0.25, -0.2) is 0 Å². The quantitative estimate of drug-likeness (QED) is 0.803. The van der Waals surface area contributed by atoms with E-state index in [9.17, 15) is 27.9 Å². The number of nitrogens with one attached hydrogen (secondary N) is 1. The van der Waals surface area contributed by atoms with Crippen molar-refractivity contribution in [2.45, 2.75) is 25.6 Å².